The van der Waals surface area contributed by atoms with E-state index in [1.54, 1.807) is 0 Å². The highest BCUT2D eigenvalue weighted by Crippen LogP contribution is 2.21. The zero-order chi connectivity index (χ0) is 19.4. The lowest BCUT2D eigenvalue weighted by Gasteiger charge is -2.31. The summed E-state index contributed by atoms with van der Waals surface area (Å²) in [6, 6.07) is 16.0. The minimum atomic E-state index is 0.0356. The van der Waals surface area contributed by atoms with Crippen molar-refractivity contribution >= 4 is 11.8 Å². The molecule has 4 nitrogen and oxygen atoms in total. The molecule has 0 radical (unpaired) electrons. The van der Waals surface area contributed by atoms with E-state index < -0.39 is 0 Å². The summed E-state index contributed by atoms with van der Waals surface area (Å²) >= 11 is 0. The number of carbonyl (C=O) groups excluding carboxylic acids is 2. The zero-order valence-corrected chi connectivity index (χ0v) is 16.4. The Balaban J connectivity index is 1.83. The highest BCUT2D eigenvalue weighted by Gasteiger charge is 2.31. The molecule has 1 saturated heterocycles. The fourth-order valence-electron chi connectivity index (χ4n) is 3.86. The first-order valence-electron chi connectivity index (χ1n) is 9.70. The molecule has 1 heterocycles. The van der Waals surface area contributed by atoms with Gasteiger partial charge < -0.3 is 9.80 Å². The van der Waals surface area contributed by atoms with E-state index in [4.69, 9.17) is 0 Å². The van der Waals surface area contributed by atoms with Crippen molar-refractivity contribution in [2.75, 3.05) is 13.1 Å². The first kappa shape index (κ1) is 19.2. The second-order valence-corrected chi connectivity index (χ2v) is 7.34. The Morgan fingerprint density at radius 2 is 1.70 bits per heavy atom. The third kappa shape index (κ3) is 4.21. The van der Waals surface area contributed by atoms with Crippen LogP contribution in [0.3, 0.4) is 0 Å². The van der Waals surface area contributed by atoms with E-state index in [9.17, 15) is 9.59 Å². The summed E-state index contributed by atoms with van der Waals surface area (Å²) in [5, 5.41) is 0. The Labute approximate surface area is 161 Å². The highest BCUT2D eigenvalue weighted by atomic mass is 16.2. The van der Waals surface area contributed by atoms with Gasteiger partial charge in [0.15, 0.2) is 0 Å². The fraction of sp³-hybridized carbons (Fsp3) is 0.391. The van der Waals surface area contributed by atoms with Crippen LogP contribution >= 0.6 is 0 Å². The Morgan fingerprint density at radius 1 is 1.04 bits per heavy atom. The number of rotatable bonds is 4. The van der Waals surface area contributed by atoms with E-state index in [2.05, 4.69) is 6.92 Å². The molecule has 1 fully saturated rings. The van der Waals surface area contributed by atoms with Gasteiger partial charge in [0.25, 0.3) is 5.91 Å². The fourth-order valence-corrected chi connectivity index (χ4v) is 3.86. The van der Waals surface area contributed by atoms with Crippen LogP contribution in [0.4, 0.5) is 0 Å². The van der Waals surface area contributed by atoms with Gasteiger partial charge >= 0.3 is 0 Å². The topological polar surface area (TPSA) is 40.6 Å². The van der Waals surface area contributed by atoms with Crippen LogP contribution in [-0.4, -0.2) is 40.7 Å². The lowest BCUT2D eigenvalue weighted by atomic mass is 10.0. The van der Waals surface area contributed by atoms with Gasteiger partial charge in [-0.1, -0.05) is 55.5 Å². The first-order valence-corrected chi connectivity index (χ1v) is 9.70. The summed E-state index contributed by atoms with van der Waals surface area (Å²) in [5.74, 6) is 0.168. The van der Waals surface area contributed by atoms with Gasteiger partial charge in [0.05, 0.1) is 0 Å². The van der Waals surface area contributed by atoms with Crippen LogP contribution in [0.15, 0.2) is 48.5 Å². The smallest absolute Gasteiger partial charge is 0.254 e. The lowest BCUT2D eigenvalue weighted by Crippen LogP contribution is -2.44. The number of hydrogen-bond donors (Lipinski definition) is 0. The maximum atomic E-state index is 13.2. The molecule has 1 aliphatic rings. The van der Waals surface area contributed by atoms with Crippen LogP contribution in [0.5, 0.6) is 0 Å². The molecule has 2 aromatic carbocycles. The van der Waals surface area contributed by atoms with Crippen LogP contribution in [0.25, 0.3) is 0 Å². The molecule has 3 rings (SSSR count). The number of benzene rings is 2. The summed E-state index contributed by atoms with van der Waals surface area (Å²) in [7, 11) is 0. The van der Waals surface area contributed by atoms with Crippen LogP contribution in [0.1, 0.15) is 46.8 Å². The first-order chi connectivity index (χ1) is 13.0. The third-order valence-corrected chi connectivity index (χ3v) is 5.44. The molecule has 0 unspecified atom stereocenters. The Kier molecular flexibility index (Phi) is 5.94. The van der Waals surface area contributed by atoms with Crippen molar-refractivity contribution in [2.45, 2.75) is 46.2 Å². The molecule has 0 bridgehead atoms. The number of nitrogens with zero attached hydrogens (tertiary/aromatic N) is 2. The molecule has 0 aliphatic carbocycles. The van der Waals surface area contributed by atoms with Crippen LogP contribution in [-0.2, 0) is 11.3 Å². The Hall–Kier alpha value is -2.62. The molecule has 4 heteroatoms. The van der Waals surface area contributed by atoms with Crippen molar-refractivity contribution in [1.29, 1.82) is 0 Å². The van der Waals surface area contributed by atoms with E-state index >= 15 is 0 Å². The summed E-state index contributed by atoms with van der Waals surface area (Å²) in [6.07, 6.45) is 1.20. The maximum Gasteiger partial charge on any atom is 0.254 e. The van der Waals surface area contributed by atoms with Gasteiger partial charge in [-0.15, -0.1) is 0 Å². The lowest BCUT2D eigenvalue weighted by molar-refractivity contribution is -0.133. The molecule has 0 aromatic heterocycles. The summed E-state index contributed by atoms with van der Waals surface area (Å²) in [6.45, 7) is 7.70. The quantitative estimate of drug-likeness (QED) is 0.824. The molecule has 0 spiro atoms. The van der Waals surface area contributed by atoms with Crippen molar-refractivity contribution in [1.82, 2.24) is 9.80 Å². The van der Waals surface area contributed by atoms with Crippen molar-refractivity contribution < 1.29 is 9.59 Å². The van der Waals surface area contributed by atoms with Gasteiger partial charge in [-0.25, -0.2) is 0 Å². The molecule has 2 aromatic rings. The van der Waals surface area contributed by atoms with Crippen LogP contribution in [0, 0.1) is 13.8 Å². The molecule has 142 valence electrons. The van der Waals surface area contributed by atoms with E-state index in [-0.39, 0.29) is 17.9 Å². The van der Waals surface area contributed by atoms with Crippen molar-refractivity contribution in [2.24, 2.45) is 0 Å². The summed E-state index contributed by atoms with van der Waals surface area (Å²) in [5.41, 5.74) is 3.88. The normalized spacial score (nSPS) is 17.7. The van der Waals surface area contributed by atoms with Gasteiger partial charge in [-0.05, 0) is 37.0 Å². The van der Waals surface area contributed by atoms with E-state index in [0.29, 0.717) is 26.1 Å². The van der Waals surface area contributed by atoms with Gasteiger partial charge in [0.1, 0.15) is 0 Å². The third-order valence-electron chi connectivity index (χ3n) is 5.44. The minimum absolute atomic E-state index is 0.0356. The molecule has 0 N–H and O–H groups in total. The summed E-state index contributed by atoms with van der Waals surface area (Å²) in [4.78, 5) is 29.9. The van der Waals surface area contributed by atoms with Crippen molar-refractivity contribution in [3.63, 3.8) is 0 Å². The van der Waals surface area contributed by atoms with Crippen LogP contribution < -0.4 is 0 Å². The summed E-state index contributed by atoms with van der Waals surface area (Å²) < 4.78 is 0. The average Bonchev–Trinajstić information content (AvgIpc) is 2.82. The van der Waals surface area contributed by atoms with Gasteiger partial charge in [-0.3, -0.25) is 9.59 Å². The predicted molar refractivity (Wildman–Crippen MR) is 108 cm³/mol. The number of carbonyl (C=O) groups is 2. The Morgan fingerprint density at radius 3 is 2.33 bits per heavy atom. The van der Waals surface area contributed by atoms with E-state index in [1.165, 1.54) is 0 Å². The van der Waals surface area contributed by atoms with E-state index in [0.717, 1.165) is 28.7 Å². The van der Waals surface area contributed by atoms with Gasteiger partial charge in [0, 0.05) is 37.7 Å². The maximum absolute atomic E-state index is 13.2. The second-order valence-electron chi connectivity index (χ2n) is 7.34. The monoisotopic (exact) mass is 364 g/mol. The molecule has 1 aliphatic heterocycles. The highest BCUT2D eigenvalue weighted by molar-refractivity contribution is 5.97. The van der Waals surface area contributed by atoms with Gasteiger partial charge in [-0.2, -0.15) is 0 Å². The second kappa shape index (κ2) is 8.38. The Bertz CT molecular complexity index is 796. The standard InChI is InChI=1S/C23H28N2O2/c1-4-20-16-24(23(27)22-17(2)9-8-10-18(22)3)14-13-21(26)25(20)15-19-11-6-5-7-12-19/h5-12,20H,4,13-16H2,1-3H3/t20-/m0/s1. The number of aryl methyl sites for hydroxylation is 2. The molecule has 2 amide bonds. The van der Waals surface area contributed by atoms with Gasteiger partial charge in [0.2, 0.25) is 5.91 Å². The predicted octanol–water partition coefficient (Wildman–Crippen LogP) is 3.96. The molecule has 1 atom stereocenters. The van der Waals surface area contributed by atoms with Crippen LogP contribution in [0.2, 0.25) is 0 Å². The average molecular weight is 364 g/mol. The minimum Gasteiger partial charge on any atom is -0.336 e. The molecule has 0 saturated carbocycles. The largest absolute Gasteiger partial charge is 0.336 e. The molecule has 27 heavy (non-hydrogen) atoms. The SMILES string of the molecule is CC[C@H]1CN(C(=O)c2c(C)cccc2C)CCC(=O)N1Cc1ccccc1. The molecular formula is C23H28N2O2. The van der Waals surface area contributed by atoms with E-state index in [1.807, 2.05) is 72.2 Å². The zero-order valence-electron chi connectivity index (χ0n) is 16.4. The number of hydrogen-bond acceptors (Lipinski definition) is 2. The van der Waals surface area contributed by atoms with Crippen molar-refractivity contribution in [3.8, 4) is 0 Å². The number of amides is 2. The molecular weight excluding hydrogens is 336 g/mol. The van der Waals surface area contributed by atoms with Crippen molar-refractivity contribution in [3.05, 3.63) is 70.8 Å².